The molecule has 0 atom stereocenters. The molecular formula is C51H66O8. The number of phenolic OH excluding ortho intramolecular Hbond substituents is 2. The van der Waals surface area contributed by atoms with Gasteiger partial charge in [-0.15, -0.1) is 0 Å². The largest absolute Gasteiger partial charge is 0.507 e. The Hall–Kier alpha value is -5.11. The van der Waals surface area contributed by atoms with E-state index in [-0.39, 0.29) is 71.3 Å². The minimum Gasteiger partial charge on any atom is -0.507 e. The van der Waals surface area contributed by atoms with Crippen LogP contribution in [0.2, 0.25) is 0 Å². The monoisotopic (exact) mass is 806 g/mol. The lowest BCUT2D eigenvalue weighted by atomic mass is 10.0. The molecule has 8 heteroatoms. The zero-order chi connectivity index (χ0) is 41.9. The van der Waals surface area contributed by atoms with Crippen LogP contribution in [0.4, 0.5) is 0 Å². The van der Waals surface area contributed by atoms with Crippen molar-refractivity contribution in [2.24, 2.45) is 0 Å². The lowest BCUT2D eigenvalue weighted by Gasteiger charge is -2.20. The van der Waals surface area contributed by atoms with E-state index < -0.39 is 6.10 Å². The van der Waals surface area contributed by atoms with Gasteiger partial charge in [0.2, 0.25) is 0 Å². The lowest BCUT2D eigenvalue weighted by Crippen LogP contribution is -2.31. The molecule has 8 nitrogen and oxygen atoms in total. The number of hydrogen-bond donors (Lipinski definition) is 2. The molecule has 59 heavy (non-hydrogen) atoms. The summed E-state index contributed by atoms with van der Waals surface area (Å²) in [6.45, 7) is 2.09. The van der Waals surface area contributed by atoms with Gasteiger partial charge in [-0.05, 0) is 30.7 Å². The van der Waals surface area contributed by atoms with Gasteiger partial charge in [0.1, 0.15) is 36.2 Å². The van der Waals surface area contributed by atoms with E-state index in [1.165, 1.54) is 127 Å². The Morgan fingerprint density at radius 3 is 1.19 bits per heavy atom. The van der Waals surface area contributed by atoms with Gasteiger partial charge in [0, 0.05) is 29.7 Å². The molecule has 0 aliphatic rings. The molecule has 0 spiro atoms. The number of aromatic hydroxyl groups is 2. The van der Waals surface area contributed by atoms with Crippen LogP contribution in [0.1, 0.15) is 167 Å². The van der Waals surface area contributed by atoms with Crippen LogP contribution in [0.25, 0.3) is 0 Å². The molecule has 0 unspecified atom stereocenters. The number of carbonyl (C=O) groups is 3. The van der Waals surface area contributed by atoms with Crippen molar-refractivity contribution in [2.45, 2.75) is 141 Å². The van der Waals surface area contributed by atoms with Gasteiger partial charge in [-0.1, -0.05) is 183 Å². The smallest absolute Gasteiger partial charge is 0.306 e. The molecule has 0 saturated heterocycles. The number of carbonyl (C=O) groups excluding carboxylic acids is 3. The van der Waals surface area contributed by atoms with Crippen LogP contribution in [0.3, 0.4) is 0 Å². The van der Waals surface area contributed by atoms with Gasteiger partial charge in [0.05, 0.1) is 11.1 Å². The zero-order valence-electron chi connectivity index (χ0n) is 35.2. The third-order valence-corrected chi connectivity index (χ3v) is 10.7. The summed E-state index contributed by atoms with van der Waals surface area (Å²) >= 11 is 0. The van der Waals surface area contributed by atoms with Crippen molar-refractivity contribution in [3.05, 3.63) is 119 Å². The highest BCUT2D eigenvalue weighted by molar-refractivity contribution is 6.11. The highest BCUT2D eigenvalue weighted by atomic mass is 16.6. The van der Waals surface area contributed by atoms with Crippen LogP contribution in [0.5, 0.6) is 23.0 Å². The summed E-state index contributed by atoms with van der Waals surface area (Å²) in [4.78, 5) is 38.8. The molecule has 0 amide bonds. The van der Waals surface area contributed by atoms with Gasteiger partial charge in [0.25, 0.3) is 0 Å². The average Bonchev–Trinajstić information content (AvgIpc) is 3.25. The Labute approximate surface area is 352 Å². The Morgan fingerprint density at radius 2 is 0.831 bits per heavy atom. The second-order valence-electron chi connectivity index (χ2n) is 15.6. The Kier molecular flexibility index (Phi) is 21.8. The van der Waals surface area contributed by atoms with Crippen molar-refractivity contribution in [3.63, 3.8) is 0 Å². The third-order valence-electron chi connectivity index (χ3n) is 10.7. The van der Waals surface area contributed by atoms with E-state index in [0.717, 1.165) is 19.3 Å². The summed E-state index contributed by atoms with van der Waals surface area (Å²) in [7, 11) is 0. The lowest BCUT2D eigenvalue weighted by molar-refractivity contribution is -0.152. The molecular weight excluding hydrogens is 741 g/mol. The number of hydrogen-bond acceptors (Lipinski definition) is 8. The van der Waals surface area contributed by atoms with E-state index in [2.05, 4.69) is 6.92 Å². The average molecular weight is 807 g/mol. The molecule has 0 aliphatic heterocycles. The van der Waals surface area contributed by atoms with Crippen LogP contribution in [-0.2, 0) is 9.53 Å². The minimum atomic E-state index is -0.830. The summed E-state index contributed by atoms with van der Waals surface area (Å²) in [5, 5.41) is 21.3. The quantitative estimate of drug-likeness (QED) is 0.0293. The van der Waals surface area contributed by atoms with E-state index in [1.807, 2.05) is 12.1 Å². The summed E-state index contributed by atoms with van der Waals surface area (Å²) < 4.78 is 17.7. The maximum atomic E-state index is 13.0. The van der Waals surface area contributed by atoms with Crippen LogP contribution < -0.4 is 9.47 Å². The number of esters is 1. The molecule has 0 aliphatic carbocycles. The van der Waals surface area contributed by atoms with Crippen LogP contribution in [-0.4, -0.2) is 47.1 Å². The summed E-state index contributed by atoms with van der Waals surface area (Å²) in [6, 6.07) is 26.2. The second kappa shape index (κ2) is 27.6. The number of ether oxygens (including phenoxy) is 3. The molecule has 4 aromatic carbocycles. The van der Waals surface area contributed by atoms with E-state index in [4.69, 9.17) is 14.2 Å². The predicted molar refractivity (Wildman–Crippen MR) is 235 cm³/mol. The van der Waals surface area contributed by atoms with Gasteiger partial charge in [0.15, 0.2) is 17.7 Å². The topological polar surface area (TPSA) is 119 Å². The first-order valence-electron chi connectivity index (χ1n) is 22.2. The normalized spacial score (nSPS) is 11.1. The number of ketones is 2. The number of phenols is 2. The first-order chi connectivity index (χ1) is 28.9. The molecule has 0 saturated carbocycles. The molecule has 0 bridgehead atoms. The van der Waals surface area contributed by atoms with Gasteiger partial charge < -0.3 is 24.4 Å². The van der Waals surface area contributed by atoms with Gasteiger partial charge in [-0.3, -0.25) is 14.4 Å². The number of benzene rings is 4. The summed E-state index contributed by atoms with van der Waals surface area (Å²) in [5.41, 5.74) is 1.19. The van der Waals surface area contributed by atoms with Gasteiger partial charge in [-0.25, -0.2) is 0 Å². The van der Waals surface area contributed by atoms with Crippen LogP contribution in [0.15, 0.2) is 97.1 Å². The molecule has 2 N–H and O–H groups in total. The zero-order valence-corrected chi connectivity index (χ0v) is 35.2. The SMILES string of the molecule is CCCCCCCCCCCCCCCCCCCCCC(=O)OC(COc1ccc(C(=O)c2ccccc2)c(O)c1)COc1ccc(C(=O)c2ccccc2)c(O)c1. The second-order valence-corrected chi connectivity index (χ2v) is 15.6. The molecule has 0 radical (unpaired) electrons. The molecule has 318 valence electrons. The Morgan fingerprint density at radius 1 is 0.475 bits per heavy atom. The molecule has 4 aromatic rings. The van der Waals surface area contributed by atoms with E-state index in [1.54, 1.807) is 60.7 Å². The first kappa shape index (κ1) is 46.6. The number of rotatable bonds is 31. The maximum Gasteiger partial charge on any atom is 0.306 e. The predicted octanol–water partition coefficient (Wildman–Crippen LogP) is 12.8. The number of unbranched alkanes of at least 4 members (excludes halogenated alkanes) is 18. The fraction of sp³-hybridized carbons (Fsp3) is 0.471. The molecule has 0 fully saturated rings. The molecule has 4 rings (SSSR count). The van der Waals surface area contributed by atoms with Crippen molar-refractivity contribution < 1.29 is 38.8 Å². The van der Waals surface area contributed by atoms with Crippen molar-refractivity contribution in [3.8, 4) is 23.0 Å². The molecule has 0 heterocycles. The standard InChI is InChI=1S/C51H66O8/c1-2-3-4-5-6-7-8-9-10-11-12-13-14-15-16-17-18-19-26-31-49(54)59-44(38-57-42-32-34-45(47(52)36-42)50(55)40-27-22-20-23-28-40)39-58-43-33-35-46(48(53)37-43)51(56)41-29-24-21-25-30-41/h20-25,27-30,32-37,44,52-53H,2-19,26,31,38-39H2,1H3. The Balaban J connectivity index is 1.18. The Bertz CT molecular complexity index is 1700. The summed E-state index contributed by atoms with van der Waals surface area (Å²) in [6.07, 6.45) is 23.7. The fourth-order valence-corrected chi connectivity index (χ4v) is 7.16. The van der Waals surface area contributed by atoms with Crippen LogP contribution in [0, 0.1) is 0 Å². The maximum absolute atomic E-state index is 13.0. The molecule has 0 aromatic heterocycles. The van der Waals surface area contributed by atoms with Gasteiger partial charge >= 0.3 is 5.97 Å². The van der Waals surface area contributed by atoms with E-state index >= 15 is 0 Å². The van der Waals surface area contributed by atoms with E-state index in [9.17, 15) is 24.6 Å². The van der Waals surface area contributed by atoms with Crippen molar-refractivity contribution in [1.82, 2.24) is 0 Å². The minimum absolute atomic E-state index is 0.0904. The highest BCUT2D eigenvalue weighted by Crippen LogP contribution is 2.28. The summed E-state index contributed by atoms with van der Waals surface area (Å²) in [5.74, 6) is -0.889. The van der Waals surface area contributed by atoms with Crippen molar-refractivity contribution in [2.75, 3.05) is 13.2 Å². The highest BCUT2D eigenvalue weighted by Gasteiger charge is 2.20. The van der Waals surface area contributed by atoms with Crippen molar-refractivity contribution >= 4 is 17.5 Å². The fourth-order valence-electron chi connectivity index (χ4n) is 7.16. The third kappa shape index (κ3) is 17.7. The van der Waals surface area contributed by atoms with Crippen molar-refractivity contribution in [1.29, 1.82) is 0 Å². The first-order valence-corrected chi connectivity index (χ1v) is 22.2. The van der Waals surface area contributed by atoms with Crippen LogP contribution >= 0.6 is 0 Å². The van der Waals surface area contributed by atoms with E-state index in [0.29, 0.717) is 11.1 Å². The van der Waals surface area contributed by atoms with Gasteiger partial charge in [-0.2, -0.15) is 0 Å².